The van der Waals surface area contributed by atoms with Crippen LogP contribution in [0.3, 0.4) is 0 Å². The third kappa shape index (κ3) is 4.20. The second-order valence-electron chi connectivity index (χ2n) is 7.33. The van der Waals surface area contributed by atoms with Crippen LogP contribution in [0.2, 0.25) is 0 Å². The number of aromatic nitrogens is 2. The Morgan fingerprint density at radius 1 is 1.17 bits per heavy atom. The Labute approximate surface area is 174 Å². The monoisotopic (exact) mass is 405 g/mol. The largest absolute Gasteiger partial charge is 0.486 e. The molecule has 3 aromatic rings. The summed E-state index contributed by atoms with van der Waals surface area (Å²) in [4.78, 5) is 34.1. The predicted octanol–water partition coefficient (Wildman–Crippen LogP) is 3.14. The molecule has 0 bridgehead atoms. The SMILES string of the molecule is CC(C)N(Cc1nc2ccccc2c(=O)[nH]1)C(=O)C=Cc1ccc2c(c1)OCCO2. The molecule has 154 valence electrons. The number of ether oxygens (including phenoxy) is 2. The van der Waals surface area contributed by atoms with Crippen molar-refractivity contribution in [2.75, 3.05) is 13.2 Å². The van der Waals surface area contributed by atoms with E-state index in [1.165, 1.54) is 6.08 Å². The third-order valence-corrected chi connectivity index (χ3v) is 4.87. The average Bonchev–Trinajstić information content (AvgIpc) is 2.75. The molecule has 0 spiro atoms. The van der Waals surface area contributed by atoms with Crippen molar-refractivity contribution in [1.29, 1.82) is 0 Å². The summed E-state index contributed by atoms with van der Waals surface area (Å²) in [6.07, 6.45) is 3.26. The van der Waals surface area contributed by atoms with Gasteiger partial charge in [-0.3, -0.25) is 9.59 Å². The molecule has 0 saturated carbocycles. The third-order valence-electron chi connectivity index (χ3n) is 4.87. The number of carbonyl (C=O) groups excluding carboxylic acids is 1. The number of rotatable bonds is 5. The summed E-state index contributed by atoms with van der Waals surface area (Å²) in [5.74, 6) is 1.67. The summed E-state index contributed by atoms with van der Waals surface area (Å²) >= 11 is 0. The van der Waals surface area contributed by atoms with Crippen molar-refractivity contribution in [2.45, 2.75) is 26.4 Å². The fourth-order valence-corrected chi connectivity index (χ4v) is 3.31. The van der Waals surface area contributed by atoms with Crippen LogP contribution < -0.4 is 15.0 Å². The van der Waals surface area contributed by atoms with Gasteiger partial charge in [0.2, 0.25) is 5.91 Å². The van der Waals surface area contributed by atoms with Crippen LogP contribution >= 0.6 is 0 Å². The van der Waals surface area contributed by atoms with Crippen LogP contribution in [0.15, 0.2) is 53.3 Å². The number of amides is 1. The number of H-pyrrole nitrogens is 1. The Morgan fingerprint density at radius 3 is 2.73 bits per heavy atom. The standard InChI is InChI=1S/C23H23N3O4/c1-15(2)26(14-21-24-18-6-4-3-5-17(18)23(28)25-21)22(27)10-8-16-7-9-19-20(13-16)30-12-11-29-19/h3-10,13,15H,11-12,14H2,1-2H3,(H,24,25,28). The molecule has 1 N–H and O–H groups in total. The summed E-state index contributed by atoms with van der Waals surface area (Å²) in [5.41, 5.74) is 1.24. The van der Waals surface area contributed by atoms with Crippen LogP contribution in [0.25, 0.3) is 17.0 Å². The van der Waals surface area contributed by atoms with Gasteiger partial charge in [-0.1, -0.05) is 18.2 Å². The van der Waals surface area contributed by atoms with E-state index in [0.29, 0.717) is 41.4 Å². The molecule has 30 heavy (non-hydrogen) atoms. The first-order valence-corrected chi connectivity index (χ1v) is 9.87. The van der Waals surface area contributed by atoms with E-state index in [-0.39, 0.29) is 24.1 Å². The molecule has 4 rings (SSSR count). The molecule has 1 aliphatic rings. The van der Waals surface area contributed by atoms with Crippen LogP contribution in [-0.4, -0.2) is 40.0 Å². The number of carbonyl (C=O) groups is 1. The van der Waals surface area contributed by atoms with Crippen molar-refractivity contribution in [3.05, 3.63) is 70.3 Å². The topological polar surface area (TPSA) is 84.5 Å². The van der Waals surface area contributed by atoms with Crippen LogP contribution in [0.5, 0.6) is 11.5 Å². The molecular weight excluding hydrogens is 382 g/mol. The Hall–Kier alpha value is -3.61. The van der Waals surface area contributed by atoms with Gasteiger partial charge < -0.3 is 19.4 Å². The quantitative estimate of drug-likeness (QED) is 0.659. The molecule has 0 atom stereocenters. The van der Waals surface area contributed by atoms with Crippen molar-refractivity contribution in [3.63, 3.8) is 0 Å². The number of benzene rings is 2. The van der Waals surface area contributed by atoms with Gasteiger partial charge in [0, 0.05) is 12.1 Å². The average molecular weight is 405 g/mol. The first-order valence-electron chi connectivity index (χ1n) is 9.87. The second-order valence-corrected chi connectivity index (χ2v) is 7.33. The molecule has 2 aromatic carbocycles. The Balaban J connectivity index is 1.53. The van der Waals surface area contributed by atoms with Crippen LogP contribution in [0.1, 0.15) is 25.2 Å². The van der Waals surface area contributed by atoms with E-state index in [1.54, 1.807) is 29.2 Å². The normalized spacial score (nSPS) is 13.2. The van der Waals surface area contributed by atoms with Gasteiger partial charge in [-0.05, 0) is 49.8 Å². The van der Waals surface area contributed by atoms with E-state index in [2.05, 4.69) is 9.97 Å². The number of fused-ring (bicyclic) bond motifs is 2. The number of hydrogen-bond donors (Lipinski definition) is 1. The highest BCUT2D eigenvalue weighted by atomic mass is 16.6. The summed E-state index contributed by atoms with van der Waals surface area (Å²) < 4.78 is 11.1. The highest BCUT2D eigenvalue weighted by Crippen LogP contribution is 2.31. The lowest BCUT2D eigenvalue weighted by Crippen LogP contribution is -2.36. The molecular formula is C23H23N3O4. The van der Waals surface area contributed by atoms with E-state index in [4.69, 9.17) is 9.47 Å². The predicted molar refractivity (Wildman–Crippen MR) is 115 cm³/mol. The van der Waals surface area contributed by atoms with Crippen molar-refractivity contribution in [3.8, 4) is 11.5 Å². The highest BCUT2D eigenvalue weighted by molar-refractivity contribution is 5.92. The fraction of sp³-hybridized carbons (Fsp3) is 0.261. The highest BCUT2D eigenvalue weighted by Gasteiger charge is 2.17. The number of para-hydroxylation sites is 1. The Morgan fingerprint density at radius 2 is 1.93 bits per heavy atom. The lowest BCUT2D eigenvalue weighted by molar-refractivity contribution is -0.128. The van der Waals surface area contributed by atoms with E-state index in [9.17, 15) is 9.59 Å². The number of aromatic amines is 1. The smallest absolute Gasteiger partial charge is 0.258 e. The number of hydrogen-bond acceptors (Lipinski definition) is 5. The first-order chi connectivity index (χ1) is 14.5. The van der Waals surface area contributed by atoms with Gasteiger partial charge in [0.1, 0.15) is 19.0 Å². The number of nitrogens with one attached hydrogen (secondary N) is 1. The van der Waals surface area contributed by atoms with E-state index in [0.717, 1.165) is 5.56 Å². The van der Waals surface area contributed by atoms with Gasteiger partial charge in [0.15, 0.2) is 11.5 Å². The van der Waals surface area contributed by atoms with Gasteiger partial charge in [0.05, 0.1) is 17.4 Å². The first kappa shape index (κ1) is 19.7. The van der Waals surface area contributed by atoms with E-state index < -0.39 is 0 Å². The molecule has 7 heteroatoms. The summed E-state index contributed by atoms with van der Waals surface area (Å²) in [6, 6.07) is 12.6. The van der Waals surface area contributed by atoms with E-state index >= 15 is 0 Å². The van der Waals surface area contributed by atoms with Crippen molar-refractivity contribution in [1.82, 2.24) is 14.9 Å². The van der Waals surface area contributed by atoms with Gasteiger partial charge in [0.25, 0.3) is 5.56 Å². The van der Waals surface area contributed by atoms with E-state index in [1.807, 2.05) is 38.1 Å². The molecule has 1 aliphatic heterocycles. The van der Waals surface area contributed by atoms with Crippen LogP contribution in [0, 0.1) is 0 Å². The van der Waals surface area contributed by atoms with Crippen LogP contribution in [0.4, 0.5) is 0 Å². The van der Waals surface area contributed by atoms with Crippen molar-refractivity contribution >= 4 is 22.9 Å². The minimum atomic E-state index is -0.210. The molecule has 7 nitrogen and oxygen atoms in total. The Bertz CT molecular complexity index is 1170. The maximum Gasteiger partial charge on any atom is 0.258 e. The molecule has 0 radical (unpaired) electrons. The number of nitrogens with zero attached hydrogens (tertiary/aromatic N) is 2. The van der Waals surface area contributed by atoms with Gasteiger partial charge in [-0.2, -0.15) is 0 Å². The summed E-state index contributed by atoms with van der Waals surface area (Å²) in [6.45, 7) is 5.11. The molecule has 2 heterocycles. The van der Waals surface area contributed by atoms with Gasteiger partial charge >= 0.3 is 0 Å². The fourth-order valence-electron chi connectivity index (χ4n) is 3.31. The zero-order valence-electron chi connectivity index (χ0n) is 16.9. The molecule has 0 aliphatic carbocycles. The molecule has 1 aromatic heterocycles. The maximum atomic E-state index is 12.9. The van der Waals surface area contributed by atoms with Crippen molar-refractivity contribution in [2.24, 2.45) is 0 Å². The lowest BCUT2D eigenvalue weighted by Gasteiger charge is -2.25. The molecule has 0 saturated heterocycles. The molecule has 0 fully saturated rings. The zero-order valence-corrected chi connectivity index (χ0v) is 16.9. The minimum Gasteiger partial charge on any atom is -0.486 e. The Kier molecular flexibility index (Phi) is 5.52. The minimum absolute atomic E-state index is 0.0702. The molecule has 1 amide bonds. The molecule has 0 unspecified atom stereocenters. The van der Waals surface area contributed by atoms with Gasteiger partial charge in [-0.15, -0.1) is 0 Å². The second kappa shape index (κ2) is 8.41. The zero-order chi connectivity index (χ0) is 21.1. The maximum absolute atomic E-state index is 12.9. The van der Waals surface area contributed by atoms with Crippen molar-refractivity contribution < 1.29 is 14.3 Å². The van der Waals surface area contributed by atoms with Crippen LogP contribution in [-0.2, 0) is 11.3 Å². The summed E-state index contributed by atoms with van der Waals surface area (Å²) in [5, 5.41) is 0.530. The summed E-state index contributed by atoms with van der Waals surface area (Å²) in [7, 11) is 0. The lowest BCUT2D eigenvalue weighted by atomic mass is 10.1. The van der Waals surface area contributed by atoms with Gasteiger partial charge in [-0.25, -0.2) is 4.98 Å².